The lowest BCUT2D eigenvalue weighted by Crippen LogP contribution is -2.13. The number of hydrogen-bond acceptors (Lipinski definition) is 4. The average molecular weight is 343 g/mol. The number of rotatable bonds is 3. The summed E-state index contributed by atoms with van der Waals surface area (Å²) in [5.74, 6) is -0.260. The van der Waals surface area contributed by atoms with Crippen LogP contribution in [0.15, 0.2) is 42.6 Å². The van der Waals surface area contributed by atoms with Gasteiger partial charge in [-0.25, -0.2) is 4.68 Å². The highest BCUT2D eigenvalue weighted by Crippen LogP contribution is 2.21. The van der Waals surface area contributed by atoms with Crippen molar-refractivity contribution in [3.63, 3.8) is 0 Å². The van der Waals surface area contributed by atoms with Crippen LogP contribution in [0, 0.1) is 13.8 Å². The molecule has 2 aromatic carbocycles. The quantitative estimate of drug-likeness (QED) is 0.763. The van der Waals surface area contributed by atoms with Crippen molar-refractivity contribution < 1.29 is 9.90 Å². The molecule has 0 spiro atoms. The Morgan fingerprint density at radius 2 is 2.00 bits per heavy atom. The maximum atomic E-state index is 12.3. The minimum Gasteiger partial charge on any atom is -0.508 e. The number of halogens is 1. The normalized spacial score (nSPS) is 10.6. The molecule has 0 bridgehead atoms. The monoisotopic (exact) mass is 342 g/mol. The Morgan fingerprint density at radius 1 is 1.21 bits per heavy atom. The molecule has 3 rings (SSSR count). The van der Waals surface area contributed by atoms with Crippen molar-refractivity contribution >= 4 is 23.2 Å². The number of aryl methyl sites for hydroxylation is 2. The standard InChI is InChI=1S/C17H15ClN4O2/c1-10-5-13(8-14(23)6-10)22-9-16(20-21-22)17(24)19-15-7-12(18)4-3-11(15)2/h3-9,23H,1-2H3,(H,19,24). The second kappa shape index (κ2) is 6.33. The Kier molecular flexibility index (Phi) is 4.22. The van der Waals surface area contributed by atoms with Gasteiger partial charge < -0.3 is 10.4 Å². The fraction of sp³-hybridized carbons (Fsp3) is 0.118. The highest BCUT2D eigenvalue weighted by molar-refractivity contribution is 6.31. The summed E-state index contributed by atoms with van der Waals surface area (Å²) < 4.78 is 1.44. The third kappa shape index (κ3) is 3.38. The van der Waals surface area contributed by atoms with E-state index in [1.54, 1.807) is 24.3 Å². The minimum atomic E-state index is -0.386. The van der Waals surface area contributed by atoms with Gasteiger partial charge in [-0.05, 0) is 49.2 Å². The van der Waals surface area contributed by atoms with E-state index in [0.29, 0.717) is 16.4 Å². The van der Waals surface area contributed by atoms with Gasteiger partial charge in [0.1, 0.15) is 5.75 Å². The number of aromatic nitrogens is 3. The molecule has 1 amide bonds. The minimum absolute atomic E-state index is 0.126. The molecule has 0 saturated carbocycles. The van der Waals surface area contributed by atoms with Crippen LogP contribution in [-0.2, 0) is 0 Å². The fourth-order valence-corrected chi connectivity index (χ4v) is 2.46. The number of phenolic OH excluding ortho intramolecular Hbond substituents is 1. The Bertz CT molecular complexity index is 900. The lowest BCUT2D eigenvalue weighted by Gasteiger charge is -2.07. The molecule has 122 valence electrons. The van der Waals surface area contributed by atoms with Gasteiger partial charge in [0.05, 0.1) is 11.9 Å². The highest BCUT2D eigenvalue weighted by atomic mass is 35.5. The van der Waals surface area contributed by atoms with E-state index in [1.165, 1.54) is 10.9 Å². The molecule has 0 aliphatic heterocycles. The molecule has 0 unspecified atom stereocenters. The highest BCUT2D eigenvalue weighted by Gasteiger charge is 2.13. The van der Waals surface area contributed by atoms with Crippen molar-refractivity contribution in [1.29, 1.82) is 0 Å². The first-order chi connectivity index (χ1) is 11.4. The van der Waals surface area contributed by atoms with Gasteiger partial charge in [-0.3, -0.25) is 4.79 Å². The molecule has 24 heavy (non-hydrogen) atoms. The maximum absolute atomic E-state index is 12.3. The maximum Gasteiger partial charge on any atom is 0.277 e. The van der Waals surface area contributed by atoms with E-state index in [0.717, 1.165) is 11.1 Å². The lowest BCUT2D eigenvalue weighted by atomic mass is 10.2. The topological polar surface area (TPSA) is 80.0 Å². The number of carbonyl (C=O) groups is 1. The van der Waals surface area contributed by atoms with Gasteiger partial charge in [-0.15, -0.1) is 5.10 Å². The van der Waals surface area contributed by atoms with Crippen molar-refractivity contribution in [2.45, 2.75) is 13.8 Å². The van der Waals surface area contributed by atoms with E-state index in [-0.39, 0.29) is 17.4 Å². The van der Waals surface area contributed by atoms with Crippen molar-refractivity contribution in [1.82, 2.24) is 15.0 Å². The first-order valence-electron chi connectivity index (χ1n) is 7.23. The van der Waals surface area contributed by atoms with Gasteiger partial charge in [0.2, 0.25) is 0 Å². The first-order valence-corrected chi connectivity index (χ1v) is 7.61. The molecule has 0 saturated heterocycles. The van der Waals surface area contributed by atoms with Crippen LogP contribution in [0.2, 0.25) is 5.02 Å². The van der Waals surface area contributed by atoms with Gasteiger partial charge in [0.15, 0.2) is 5.69 Å². The van der Waals surface area contributed by atoms with Crippen molar-refractivity contribution in [2.24, 2.45) is 0 Å². The number of carbonyl (C=O) groups excluding carboxylic acids is 1. The average Bonchev–Trinajstić information content (AvgIpc) is 3.00. The van der Waals surface area contributed by atoms with E-state index in [1.807, 2.05) is 26.0 Å². The number of aromatic hydroxyl groups is 1. The number of phenols is 1. The molecule has 1 aromatic heterocycles. The summed E-state index contributed by atoms with van der Waals surface area (Å²) >= 11 is 5.95. The van der Waals surface area contributed by atoms with Gasteiger partial charge in [0.25, 0.3) is 5.91 Å². The fourth-order valence-electron chi connectivity index (χ4n) is 2.28. The number of nitrogens with one attached hydrogen (secondary N) is 1. The van der Waals surface area contributed by atoms with Crippen molar-refractivity contribution in [3.05, 3.63) is 64.4 Å². The van der Waals surface area contributed by atoms with Crippen LogP contribution in [-0.4, -0.2) is 26.0 Å². The number of benzene rings is 2. The zero-order valence-electron chi connectivity index (χ0n) is 13.1. The smallest absolute Gasteiger partial charge is 0.277 e. The van der Waals surface area contributed by atoms with Crippen LogP contribution in [0.5, 0.6) is 5.75 Å². The summed E-state index contributed by atoms with van der Waals surface area (Å²) in [6, 6.07) is 10.3. The van der Waals surface area contributed by atoms with Gasteiger partial charge in [0, 0.05) is 16.8 Å². The summed E-state index contributed by atoms with van der Waals surface area (Å²) in [5.41, 5.74) is 3.17. The van der Waals surface area contributed by atoms with E-state index < -0.39 is 0 Å². The van der Waals surface area contributed by atoms with Crippen molar-refractivity contribution in [2.75, 3.05) is 5.32 Å². The van der Waals surface area contributed by atoms with Crippen LogP contribution < -0.4 is 5.32 Å². The lowest BCUT2D eigenvalue weighted by molar-refractivity contribution is 0.102. The molecule has 3 aromatic rings. The summed E-state index contributed by atoms with van der Waals surface area (Å²) in [5, 5.41) is 20.8. The Labute approximate surface area is 143 Å². The largest absolute Gasteiger partial charge is 0.508 e. The van der Waals surface area contributed by atoms with Crippen LogP contribution in [0.3, 0.4) is 0 Å². The van der Waals surface area contributed by atoms with Gasteiger partial charge in [-0.1, -0.05) is 22.9 Å². The number of nitrogens with zero attached hydrogens (tertiary/aromatic N) is 3. The number of amides is 1. The van der Waals surface area contributed by atoms with E-state index in [9.17, 15) is 9.90 Å². The van der Waals surface area contributed by atoms with Crippen LogP contribution in [0.4, 0.5) is 5.69 Å². The predicted molar refractivity (Wildman–Crippen MR) is 91.9 cm³/mol. The third-order valence-corrected chi connectivity index (χ3v) is 3.72. The number of anilines is 1. The van der Waals surface area contributed by atoms with Crippen LogP contribution in [0.1, 0.15) is 21.6 Å². The molecule has 0 fully saturated rings. The molecule has 2 N–H and O–H groups in total. The third-order valence-electron chi connectivity index (χ3n) is 3.49. The summed E-state index contributed by atoms with van der Waals surface area (Å²) in [6.45, 7) is 3.73. The first kappa shape index (κ1) is 16.0. The van der Waals surface area contributed by atoms with Gasteiger partial charge in [-0.2, -0.15) is 0 Å². The molecular formula is C17H15ClN4O2. The number of hydrogen-bond donors (Lipinski definition) is 2. The Morgan fingerprint density at radius 3 is 2.75 bits per heavy atom. The Hall–Kier alpha value is -2.86. The SMILES string of the molecule is Cc1cc(O)cc(-n2cc(C(=O)Nc3cc(Cl)ccc3C)nn2)c1. The van der Waals surface area contributed by atoms with Crippen LogP contribution >= 0.6 is 11.6 Å². The molecule has 7 heteroatoms. The van der Waals surface area contributed by atoms with E-state index in [2.05, 4.69) is 15.6 Å². The molecule has 0 atom stereocenters. The van der Waals surface area contributed by atoms with Crippen LogP contribution in [0.25, 0.3) is 5.69 Å². The molecule has 6 nitrogen and oxygen atoms in total. The Balaban J connectivity index is 1.84. The summed E-state index contributed by atoms with van der Waals surface area (Å²) in [7, 11) is 0. The molecule has 0 aliphatic carbocycles. The second-order valence-corrected chi connectivity index (χ2v) is 5.92. The molecule has 0 radical (unpaired) electrons. The van der Waals surface area contributed by atoms with E-state index in [4.69, 9.17) is 11.6 Å². The summed E-state index contributed by atoms with van der Waals surface area (Å²) in [6.07, 6.45) is 1.50. The second-order valence-electron chi connectivity index (χ2n) is 5.49. The molecular weight excluding hydrogens is 328 g/mol. The summed E-state index contributed by atoms with van der Waals surface area (Å²) in [4.78, 5) is 12.3. The zero-order chi connectivity index (χ0) is 17.3. The predicted octanol–water partition coefficient (Wildman–Crippen LogP) is 3.50. The van der Waals surface area contributed by atoms with Gasteiger partial charge >= 0.3 is 0 Å². The molecule has 1 heterocycles. The molecule has 0 aliphatic rings. The van der Waals surface area contributed by atoms with Crippen molar-refractivity contribution in [3.8, 4) is 11.4 Å². The zero-order valence-corrected chi connectivity index (χ0v) is 13.9. The van der Waals surface area contributed by atoms with E-state index >= 15 is 0 Å².